The molecular formula is C15H13F2N3. The van der Waals surface area contributed by atoms with Gasteiger partial charge in [0, 0.05) is 11.9 Å². The second-order valence-electron chi connectivity index (χ2n) is 4.78. The van der Waals surface area contributed by atoms with Gasteiger partial charge in [-0.05, 0) is 49.2 Å². The highest BCUT2D eigenvalue weighted by Crippen LogP contribution is 2.25. The van der Waals surface area contributed by atoms with E-state index in [1.54, 1.807) is 16.7 Å². The van der Waals surface area contributed by atoms with Crippen LogP contribution in [0.2, 0.25) is 0 Å². The quantitative estimate of drug-likeness (QED) is 0.765. The van der Waals surface area contributed by atoms with Crippen molar-refractivity contribution >= 4 is 17.2 Å². The molecule has 0 fully saturated rings. The third-order valence-corrected chi connectivity index (χ3v) is 3.17. The number of imidazole rings is 1. The summed E-state index contributed by atoms with van der Waals surface area (Å²) in [5.74, 6) is 0.00613. The lowest BCUT2D eigenvalue weighted by Gasteiger charge is -2.10. The minimum absolute atomic E-state index is 0.261. The summed E-state index contributed by atoms with van der Waals surface area (Å²) in [4.78, 5) is 4.35. The smallest absolute Gasteiger partial charge is 0.149 e. The molecule has 0 aliphatic carbocycles. The van der Waals surface area contributed by atoms with E-state index in [4.69, 9.17) is 0 Å². The molecule has 0 aliphatic rings. The summed E-state index contributed by atoms with van der Waals surface area (Å²) in [5, 5.41) is 3.16. The van der Waals surface area contributed by atoms with E-state index in [1.165, 1.54) is 24.4 Å². The number of nitrogens with zero attached hydrogens (tertiary/aromatic N) is 2. The Morgan fingerprint density at radius 1 is 1.00 bits per heavy atom. The monoisotopic (exact) mass is 273 g/mol. The zero-order valence-electron chi connectivity index (χ0n) is 11.1. The van der Waals surface area contributed by atoms with Gasteiger partial charge in [0.1, 0.15) is 23.1 Å². The topological polar surface area (TPSA) is 29.3 Å². The van der Waals surface area contributed by atoms with Gasteiger partial charge in [0.2, 0.25) is 0 Å². The summed E-state index contributed by atoms with van der Waals surface area (Å²) >= 11 is 0. The average Bonchev–Trinajstić information content (AvgIpc) is 2.75. The van der Waals surface area contributed by atoms with Crippen molar-refractivity contribution in [1.29, 1.82) is 0 Å². The van der Waals surface area contributed by atoms with Crippen LogP contribution in [0, 0.1) is 25.5 Å². The zero-order valence-corrected chi connectivity index (χ0v) is 11.1. The lowest BCUT2D eigenvalue weighted by atomic mass is 10.1. The minimum atomic E-state index is -0.324. The average molecular weight is 273 g/mol. The molecule has 20 heavy (non-hydrogen) atoms. The van der Waals surface area contributed by atoms with Gasteiger partial charge in [-0.15, -0.1) is 0 Å². The van der Waals surface area contributed by atoms with E-state index in [2.05, 4.69) is 10.3 Å². The van der Waals surface area contributed by atoms with E-state index in [-0.39, 0.29) is 11.6 Å². The largest absolute Gasteiger partial charge is 0.338 e. The first-order valence-corrected chi connectivity index (χ1v) is 6.21. The summed E-state index contributed by atoms with van der Waals surface area (Å²) < 4.78 is 28.0. The molecule has 0 amide bonds. The van der Waals surface area contributed by atoms with Crippen LogP contribution < -0.4 is 5.32 Å². The Morgan fingerprint density at radius 2 is 1.70 bits per heavy atom. The molecule has 0 saturated carbocycles. The molecular weight excluding hydrogens is 260 g/mol. The second-order valence-corrected chi connectivity index (χ2v) is 4.78. The molecule has 5 heteroatoms. The van der Waals surface area contributed by atoms with E-state index >= 15 is 0 Å². The molecule has 1 aromatic carbocycles. The number of anilines is 2. The van der Waals surface area contributed by atoms with Gasteiger partial charge < -0.3 is 9.72 Å². The first kappa shape index (κ1) is 12.6. The van der Waals surface area contributed by atoms with E-state index in [0.29, 0.717) is 11.5 Å². The van der Waals surface area contributed by atoms with Crippen LogP contribution in [0.5, 0.6) is 0 Å². The van der Waals surface area contributed by atoms with Crippen LogP contribution in [0.3, 0.4) is 0 Å². The fourth-order valence-electron chi connectivity index (χ4n) is 2.26. The van der Waals surface area contributed by atoms with Crippen molar-refractivity contribution in [1.82, 2.24) is 9.38 Å². The Labute approximate surface area is 114 Å². The van der Waals surface area contributed by atoms with Gasteiger partial charge >= 0.3 is 0 Å². The van der Waals surface area contributed by atoms with Gasteiger partial charge in [-0.25, -0.2) is 13.8 Å². The molecule has 3 aromatic rings. The summed E-state index contributed by atoms with van der Waals surface area (Å²) in [7, 11) is 0. The number of nitrogens with one attached hydrogen (secondary N) is 1. The number of pyridine rings is 1. The molecule has 102 valence electrons. The Morgan fingerprint density at radius 3 is 2.40 bits per heavy atom. The van der Waals surface area contributed by atoms with Crippen molar-refractivity contribution in [2.75, 3.05) is 5.32 Å². The highest BCUT2D eigenvalue weighted by molar-refractivity contribution is 5.66. The van der Waals surface area contributed by atoms with Crippen molar-refractivity contribution in [2.24, 2.45) is 0 Å². The maximum Gasteiger partial charge on any atom is 0.149 e. The highest BCUT2D eigenvalue weighted by Gasteiger charge is 2.08. The van der Waals surface area contributed by atoms with Crippen LogP contribution in [0.15, 0.2) is 36.7 Å². The van der Waals surface area contributed by atoms with Crippen molar-refractivity contribution in [3.8, 4) is 0 Å². The molecule has 3 rings (SSSR count). The van der Waals surface area contributed by atoms with Gasteiger partial charge in [0.15, 0.2) is 0 Å². The Kier molecular flexibility index (Phi) is 2.89. The van der Waals surface area contributed by atoms with Gasteiger partial charge in [0.25, 0.3) is 0 Å². The minimum Gasteiger partial charge on any atom is -0.338 e. The number of halogens is 2. The third-order valence-electron chi connectivity index (χ3n) is 3.17. The van der Waals surface area contributed by atoms with Crippen LogP contribution in [-0.4, -0.2) is 9.38 Å². The van der Waals surface area contributed by atoms with E-state index in [0.717, 1.165) is 16.8 Å². The van der Waals surface area contributed by atoms with E-state index in [9.17, 15) is 8.78 Å². The summed E-state index contributed by atoms with van der Waals surface area (Å²) in [6.07, 6.45) is 3.05. The molecule has 0 atom stereocenters. The van der Waals surface area contributed by atoms with Crippen molar-refractivity contribution in [2.45, 2.75) is 13.8 Å². The van der Waals surface area contributed by atoms with E-state index in [1.807, 2.05) is 13.8 Å². The third kappa shape index (κ3) is 2.22. The van der Waals surface area contributed by atoms with Crippen LogP contribution >= 0.6 is 0 Å². The Hall–Kier alpha value is -2.43. The van der Waals surface area contributed by atoms with Gasteiger partial charge in [-0.1, -0.05) is 0 Å². The molecule has 3 nitrogen and oxygen atoms in total. The van der Waals surface area contributed by atoms with Crippen LogP contribution in [0.1, 0.15) is 11.1 Å². The molecule has 2 heterocycles. The number of hydrogen-bond acceptors (Lipinski definition) is 2. The molecule has 0 aliphatic heterocycles. The van der Waals surface area contributed by atoms with Crippen LogP contribution in [0.25, 0.3) is 5.65 Å². The van der Waals surface area contributed by atoms with Crippen molar-refractivity contribution < 1.29 is 8.78 Å². The summed E-state index contributed by atoms with van der Waals surface area (Å²) in [6.45, 7) is 3.65. The fourth-order valence-corrected chi connectivity index (χ4v) is 2.26. The highest BCUT2D eigenvalue weighted by atomic mass is 19.1. The molecule has 0 unspecified atom stereocenters. The number of fused-ring (bicyclic) bond motifs is 1. The second kappa shape index (κ2) is 4.59. The maximum absolute atomic E-state index is 13.3. The molecule has 1 N–H and O–H groups in total. The number of benzene rings is 1. The van der Waals surface area contributed by atoms with E-state index < -0.39 is 0 Å². The lowest BCUT2D eigenvalue weighted by Crippen LogP contribution is -1.97. The number of aryl methyl sites for hydroxylation is 2. The molecule has 0 saturated heterocycles. The van der Waals surface area contributed by atoms with Gasteiger partial charge in [-0.3, -0.25) is 0 Å². The number of aromatic nitrogens is 2. The molecule has 0 spiro atoms. The van der Waals surface area contributed by atoms with Crippen molar-refractivity contribution in [3.05, 3.63) is 59.4 Å². The zero-order chi connectivity index (χ0) is 14.3. The number of hydrogen-bond donors (Lipinski definition) is 1. The summed E-state index contributed by atoms with van der Waals surface area (Å²) in [5.41, 5.74) is 3.05. The lowest BCUT2D eigenvalue weighted by molar-refractivity contribution is 0.619. The molecule has 0 bridgehead atoms. The van der Waals surface area contributed by atoms with Crippen LogP contribution in [0.4, 0.5) is 20.3 Å². The fraction of sp³-hybridized carbons (Fsp3) is 0.133. The Balaban J connectivity index is 2.01. The predicted molar refractivity (Wildman–Crippen MR) is 74.3 cm³/mol. The first-order chi connectivity index (χ1) is 9.52. The van der Waals surface area contributed by atoms with Crippen molar-refractivity contribution in [3.63, 3.8) is 0 Å². The Bertz CT molecular complexity index is 770. The predicted octanol–water partition coefficient (Wildman–Crippen LogP) is 3.97. The maximum atomic E-state index is 13.3. The van der Waals surface area contributed by atoms with Gasteiger partial charge in [0.05, 0.1) is 6.20 Å². The molecule has 2 aromatic heterocycles. The van der Waals surface area contributed by atoms with Crippen LogP contribution in [-0.2, 0) is 0 Å². The summed E-state index contributed by atoms with van der Waals surface area (Å²) in [6, 6.07) is 5.89. The SMILES string of the molecule is Cc1cc(F)cc(C)c1Nc1cn2cc(F)ccc2n1. The van der Waals surface area contributed by atoms with Gasteiger partial charge in [-0.2, -0.15) is 0 Å². The standard InChI is InChI=1S/C15H13F2N3/c1-9-5-12(17)6-10(2)15(9)19-13-8-20-7-11(16)3-4-14(20)18-13/h3-8,19H,1-2H3. The number of rotatable bonds is 2. The molecule has 0 radical (unpaired) electrons. The first-order valence-electron chi connectivity index (χ1n) is 6.21. The normalized spacial score (nSPS) is 11.0.